The van der Waals surface area contributed by atoms with E-state index in [9.17, 15) is 22.0 Å². The van der Waals surface area contributed by atoms with Gasteiger partial charge >= 0.3 is 6.09 Å². The first-order chi connectivity index (χ1) is 6.62. The molecule has 15 heavy (non-hydrogen) atoms. The average molecular weight is 244 g/mol. The third-order valence-corrected chi connectivity index (χ3v) is 2.65. The van der Waals surface area contributed by atoms with E-state index in [2.05, 4.69) is 0 Å². The van der Waals surface area contributed by atoms with Crippen LogP contribution in [-0.2, 0) is 10.0 Å². The standard InChI is InChI=1S/C6H10F2N2O4S/c1-15(13,14)9-4-2-10(5(11)12)3-6(4,7)8/h4,9H,2-3H2,1H3,(H,11,12). The quantitative estimate of drug-likeness (QED) is 0.687. The number of rotatable bonds is 2. The zero-order valence-corrected chi connectivity index (χ0v) is 8.59. The lowest BCUT2D eigenvalue weighted by Crippen LogP contribution is -2.46. The molecule has 1 aliphatic heterocycles. The molecule has 88 valence electrons. The maximum absolute atomic E-state index is 13.1. The van der Waals surface area contributed by atoms with Crippen LogP contribution in [0.25, 0.3) is 0 Å². The summed E-state index contributed by atoms with van der Waals surface area (Å²) in [6.45, 7) is -1.54. The topological polar surface area (TPSA) is 86.7 Å². The molecule has 0 radical (unpaired) electrons. The molecule has 0 bridgehead atoms. The van der Waals surface area contributed by atoms with Gasteiger partial charge in [0.1, 0.15) is 6.04 Å². The highest BCUT2D eigenvalue weighted by molar-refractivity contribution is 7.88. The van der Waals surface area contributed by atoms with Crippen LogP contribution < -0.4 is 4.72 Å². The van der Waals surface area contributed by atoms with Gasteiger partial charge in [-0.15, -0.1) is 0 Å². The Morgan fingerprint density at radius 3 is 2.47 bits per heavy atom. The smallest absolute Gasteiger partial charge is 0.407 e. The van der Waals surface area contributed by atoms with Crippen molar-refractivity contribution < 1.29 is 27.1 Å². The van der Waals surface area contributed by atoms with Crippen molar-refractivity contribution in [3.8, 4) is 0 Å². The molecule has 1 unspecified atom stereocenters. The minimum Gasteiger partial charge on any atom is -0.465 e. The summed E-state index contributed by atoms with van der Waals surface area (Å²) in [6, 6.07) is -1.69. The van der Waals surface area contributed by atoms with E-state index < -0.39 is 41.2 Å². The molecule has 1 saturated heterocycles. The molecular formula is C6H10F2N2O4S. The molecule has 1 heterocycles. The monoisotopic (exact) mass is 244 g/mol. The molecular weight excluding hydrogens is 234 g/mol. The third-order valence-electron chi connectivity index (χ3n) is 1.94. The lowest BCUT2D eigenvalue weighted by Gasteiger charge is -2.16. The van der Waals surface area contributed by atoms with Gasteiger partial charge in [0, 0.05) is 6.54 Å². The maximum Gasteiger partial charge on any atom is 0.407 e. The van der Waals surface area contributed by atoms with Gasteiger partial charge in [-0.05, 0) is 0 Å². The number of halogens is 2. The van der Waals surface area contributed by atoms with E-state index in [0.29, 0.717) is 4.90 Å². The molecule has 1 fully saturated rings. The van der Waals surface area contributed by atoms with Crippen molar-refractivity contribution in [1.29, 1.82) is 0 Å². The highest BCUT2D eigenvalue weighted by Crippen LogP contribution is 2.27. The summed E-state index contributed by atoms with van der Waals surface area (Å²) in [6.07, 6.45) is -0.751. The first kappa shape index (κ1) is 12.1. The predicted octanol–water partition coefficient (Wildman–Crippen LogP) is -0.467. The van der Waals surface area contributed by atoms with Gasteiger partial charge in [-0.25, -0.2) is 26.7 Å². The van der Waals surface area contributed by atoms with Gasteiger partial charge in [0.25, 0.3) is 5.92 Å². The lowest BCUT2D eigenvalue weighted by atomic mass is 10.2. The summed E-state index contributed by atoms with van der Waals surface area (Å²) in [7, 11) is -3.78. The molecule has 0 spiro atoms. The first-order valence-corrected chi connectivity index (χ1v) is 5.84. The molecule has 2 N–H and O–H groups in total. The fraction of sp³-hybridized carbons (Fsp3) is 0.833. The van der Waals surface area contributed by atoms with Gasteiger partial charge < -0.3 is 10.0 Å². The molecule has 0 aromatic carbocycles. The van der Waals surface area contributed by atoms with Crippen molar-refractivity contribution in [3.05, 3.63) is 0 Å². The van der Waals surface area contributed by atoms with Gasteiger partial charge in [-0.1, -0.05) is 0 Å². The van der Waals surface area contributed by atoms with Crippen LogP contribution in [0.5, 0.6) is 0 Å². The summed E-state index contributed by atoms with van der Waals surface area (Å²) in [5.41, 5.74) is 0. The highest BCUT2D eigenvalue weighted by Gasteiger charge is 2.50. The van der Waals surface area contributed by atoms with Gasteiger partial charge in [0.05, 0.1) is 12.8 Å². The normalized spacial score (nSPS) is 25.5. The van der Waals surface area contributed by atoms with Crippen molar-refractivity contribution in [2.24, 2.45) is 0 Å². The number of alkyl halides is 2. The number of carbonyl (C=O) groups is 1. The van der Waals surface area contributed by atoms with Gasteiger partial charge in [-0.2, -0.15) is 0 Å². The minimum absolute atomic E-state index is 0.475. The van der Waals surface area contributed by atoms with Crippen molar-refractivity contribution in [2.75, 3.05) is 19.3 Å². The molecule has 1 aliphatic rings. The molecule has 1 amide bonds. The van der Waals surface area contributed by atoms with E-state index in [0.717, 1.165) is 6.26 Å². The number of amides is 1. The molecule has 0 saturated carbocycles. The van der Waals surface area contributed by atoms with E-state index in [4.69, 9.17) is 5.11 Å². The Hall–Kier alpha value is -0.960. The minimum atomic E-state index is -3.78. The second kappa shape index (κ2) is 3.56. The molecule has 1 atom stereocenters. The van der Waals surface area contributed by atoms with Crippen LogP contribution in [0.4, 0.5) is 13.6 Å². The van der Waals surface area contributed by atoms with Crippen LogP contribution >= 0.6 is 0 Å². The molecule has 0 aromatic rings. The van der Waals surface area contributed by atoms with E-state index in [1.54, 1.807) is 4.72 Å². The Morgan fingerprint density at radius 2 is 2.13 bits per heavy atom. The number of sulfonamides is 1. The van der Waals surface area contributed by atoms with Crippen LogP contribution in [0.3, 0.4) is 0 Å². The Kier molecular flexibility index (Phi) is 2.88. The number of hydrogen-bond acceptors (Lipinski definition) is 3. The number of nitrogens with zero attached hydrogens (tertiary/aromatic N) is 1. The number of hydrogen-bond donors (Lipinski definition) is 2. The fourth-order valence-corrected chi connectivity index (χ4v) is 2.07. The van der Waals surface area contributed by atoms with Gasteiger partial charge in [-0.3, -0.25) is 0 Å². The third kappa shape index (κ3) is 2.99. The maximum atomic E-state index is 13.1. The summed E-state index contributed by atoms with van der Waals surface area (Å²) >= 11 is 0. The van der Waals surface area contributed by atoms with Gasteiger partial charge in [0.2, 0.25) is 10.0 Å². The van der Waals surface area contributed by atoms with Crippen LogP contribution in [0.2, 0.25) is 0 Å². The molecule has 0 aromatic heterocycles. The van der Waals surface area contributed by atoms with Crippen molar-refractivity contribution >= 4 is 16.1 Å². The number of nitrogens with one attached hydrogen (secondary N) is 1. The van der Waals surface area contributed by atoms with Crippen LogP contribution in [0.1, 0.15) is 0 Å². The predicted molar refractivity (Wildman–Crippen MR) is 46.3 cm³/mol. The van der Waals surface area contributed by atoms with Gasteiger partial charge in [0.15, 0.2) is 0 Å². The highest BCUT2D eigenvalue weighted by atomic mass is 32.2. The summed E-state index contributed by atoms with van der Waals surface area (Å²) in [5, 5.41) is 8.48. The molecule has 9 heteroatoms. The Balaban J connectivity index is 2.79. The second-order valence-corrected chi connectivity index (χ2v) is 5.15. The van der Waals surface area contributed by atoms with Crippen molar-refractivity contribution in [3.63, 3.8) is 0 Å². The Morgan fingerprint density at radius 1 is 1.60 bits per heavy atom. The molecule has 1 rings (SSSR count). The Labute approximate surface area is 84.9 Å². The summed E-state index contributed by atoms with van der Waals surface area (Å²) in [4.78, 5) is 10.9. The van der Waals surface area contributed by atoms with Crippen molar-refractivity contribution in [1.82, 2.24) is 9.62 Å². The first-order valence-electron chi connectivity index (χ1n) is 3.95. The van der Waals surface area contributed by atoms with Crippen LogP contribution in [0.15, 0.2) is 0 Å². The summed E-state index contributed by atoms with van der Waals surface area (Å²) in [5.74, 6) is -3.37. The zero-order valence-electron chi connectivity index (χ0n) is 7.77. The van der Waals surface area contributed by atoms with E-state index in [1.807, 2.05) is 0 Å². The molecule has 0 aliphatic carbocycles. The Bertz CT molecular complexity index is 369. The number of likely N-dealkylation sites (tertiary alicyclic amines) is 1. The summed E-state index contributed by atoms with van der Waals surface area (Å²) < 4.78 is 49.4. The van der Waals surface area contributed by atoms with Crippen LogP contribution in [0, 0.1) is 0 Å². The average Bonchev–Trinajstić information content (AvgIpc) is 2.24. The van der Waals surface area contributed by atoms with E-state index in [1.165, 1.54) is 0 Å². The van der Waals surface area contributed by atoms with E-state index in [-0.39, 0.29) is 0 Å². The zero-order chi connectivity index (χ0) is 11.9. The van der Waals surface area contributed by atoms with Crippen LogP contribution in [-0.4, -0.2) is 55.8 Å². The largest absolute Gasteiger partial charge is 0.465 e. The lowest BCUT2D eigenvalue weighted by molar-refractivity contribution is -0.00411. The SMILES string of the molecule is CS(=O)(=O)NC1CN(C(=O)O)CC1(F)F. The van der Waals surface area contributed by atoms with Crippen molar-refractivity contribution in [2.45, 2.75) is 12.0 Å². The second-order valence-electron chi connectivity index (χ2n) is 3.37. The van der Waals surface area contributed by atoms with E-state index >= 15 is 0 Å². The number of carboxylic acid groups (broad SMARTS) is 1. The molecule has 6 nitrogen and oxygen atoms in total. The fourth-order valence-electron chi connectivity index (χ4n) is 1.31.